The normalized spacial score (nSPS) is 18.0. The SMILES string of the molecule is CCOC(=O)[C@H](Cc1ccccc1)NC1=CC(=O)CC(C)(C)C1. The number of hydrogen-bond donors (Lipinski definition) is 1. The van der Waals surface area contributed by atoms with Crippen molar-refractivity contribution in [1.29, 1.82) is 0 Å². The van der Waals surface area contributed by atoms with Gasteiger partial charge in [-0.25, -0.2) is 4.79 Å². The summed E-state index contributed by atoms with van der Waals surface area (Å²) in [5.41, 5.74) is 1.79. The van der Waals surface area contributed by atoms with E-state index in [1.807, 2.05) is 30.3 Å². The summed E-state index contributed by atoms with van der Waals surface area (Å²) in [5.74, 6) is -0.181. The topological polar surface area (TPSA) is 55.4 Å². The Labute approximate surface area is 137 Å². The van der Waals surface area contributed by atoms with Crippen LogP contribution in [-0.2, 0) is 20.7 Å². The van der Waals surface area contributed by atoms with Crippen LogP contribution in [0.3, 0.4) is 0 Å². The number of nitrogens with one attached hydrogen (secondary N) is 1. The van der Waals surface area contributed by atoms with Gasteiger partial charge in [-0.3, -0.25) is 4.79 Å². The average molecular weight is 315 g/mol. The van der Waals surface area contributed by atoms with Gasteiger partial charge in [-0.05, 0) is 24.3 Å². The van der Waals surface area contributed by atoms with E-state index >= 15 is 0 Å². The van der Waals surface area contributed by atoms with Crippen molar-refractivity contribution in [3.63, 3.8) is 0 Å². The molecule has 0 bridgehead atoms. The molecular formula is C19H25NO3. The van der Waals surface area contributed by atoms with Gasteiger partial charge >= 0.3 is 5.97 Å². The first kappa shape index (κ1) is 17.3. The molecule has 124 valence electrons. The molecule has 1 aliphatic carbocycles. The predicted molar refractivity (Wildman–Crippen MR) is 89.8 cm³/mol. The zero-order valence-corrected chi connectivity index (χ0v) is 14.1. The second kappa shape index (κ2) is 7.44. The Morgan fingerprint density at radius 3 is 2.57 bits per heavy atom. The minimum Gasteiger partial charge on any atom is -0.464 e. The van der Waals surface area contributed by atoms with Crippen molar-refractivity contribution in [2.45, 2.75) is 46.1 Å². The van der Waals surface area contributed by atoms with Crippen LogP contribution in [0, 0.1) is 5.41 Å². The highest BCUT2D eigenvalue weighted by Gasteiger charge is 2.30. The standard InChI is InChI=1S/C19H25NO3/c1-4-23-18(22)17(10-14-8-6-5-7-9-14)20-15-11-16(21)13-19(2,3)12-15/h5-9,11,17,20H,4,10,12-13H2,1-3H3/t17-/m0/s1. The number of carbonyl (C=O) groups excluding carboxylic acids is 2. The Hall–Kier alpha value is -2.10. The molecule has 1 N–H and O–H groups in total. The molecule has 0 radical (unpaired) electrons. The Bertz CT molecular complexity index is 590. The highest BCUT2D eigenvalue weighted by atomic mass is 16.5. The number of hydrogen-bond acceptors (Lipinski definition) is 4. The molecule has 1 atom stereocenters. The Morgan fingerprint density at radius 1 is 1.26 bits per heavy atom. The van der Waals surface area contributed by atoms with E-state index in [2.05, 4.69) is 19.2 Å². The Balaban J connectivity index is 2.14. The summed E-state index contributed by atoms with van der Waals surface area (Å²) >= 11 is 0. The van der Waals surface area contributed by atoms with Crippen LogP contribution >= 0.6 is 0 Å². The predicted octanol–water partition coefficient (Wildman–Crippen LogP) is 3.02. The second-order valence-electron chi connectivity index (χ2n) is 6.79. The van der Waals surface area contributed by atoms with E-state index in [4.69, 9.17) is 4.74 Å². The molecule has 0 saturated carbocycles. The van der Waals surface area contributed by atoms with Gasteiger partial charge in [0.1, 0.15) is 6.04 Å². The summed E-state index contributed by atoms with van der Waals surface area (Å²) < 4.78 is 5.18. The molecule has 0 aromatic heterocycles. The highest BCUT2D eigenvalue weighted by Crippen LogP contribution is 2.32. The summed E-state index contributed by atoms with van der Waals surface area (Å²) in [6.07, 6.45) is 3.46. The molecule has 1 aromatic carbocycles. The van der Waals surface area contributed by atoms with Crippen LogP contribution < -0.4 is 5.32 Å². The second-order valence-corrected chi connectivity index (χ2v) is 6.79. The monoisotopic (exact) mass is 315 g/mol. The van der Waals surface area contributed by atoms with Crippen LogP contribution in [0.2, 0.25) is 0 Å². The summed E-state index contributed by atoms with van der Waals surface area (Å²) in [6.45, 7) is 6.27. The van der Waals surface area contributed by atoms with E-state index in [1.165, 1.54) is 0 Å². The van der Waals surface area contributed by atoms with Crippen molar-refractivity contribution >= 4 is 11.8 Å². The van der Waals surface area contributed by atoms with Gasteiger partial charge in [0.15, 0.2) is 5.78 Å². The van der Waals surface area contributed by atoms with Crippen LogP contribution in [-0.4, -0.2) is 24.4 Å². The Morgan fingerprint density at radius 2 is 1.96 bits per heavy atom. The van der Waals surface area contributed by atoms with E-state index in [-0.39, 0.29) is 17.2 Å². The van der Waals surface area contributed by atoms with Crippen LogP contribution in [0.1, 0.15) is 39.2 Å². The fourth-order valence-corrected chi connectivity index (χ4v) is 2.95. The van der Waals surface area contributed by atoms with Crippen molar-refractivity contribution in [3.8, 4) is 0 Å². The molecule has 1 aromatic rings. The van der Waals surface area contributed by atoms with Gasteiger partial charge in [0.05, 0.1) is 6.61 Å². The summed E-state index contributed by atoms with van der Waals surface area (Å²) in [7, 11) is 0. The number of ether oxygens (including phenoxy) is 1. The smallest absolute Gasteiger partial charge is 0.328 e. The fourth-order valence-electron chi connectivity index (χ4n) is 2.95. The number of allylic oxidation sites excluding steroid dienone is 2. The van der Waals surface area contributed by atoms with E-state index < -0.39 is 6.04 Å². The molecule has 0 aliphatic heterocycles. The van der Waals surface area contributed by atoms with Gasteiger partial charge in [-0.2, -0.15) is 0 Å². The molecule has 0 saturated heterocycles. The lowest BCUT2D eigenvalue weighted by Crippen LogP contribution is -2.41. The third kappa shape index (κ3) is 5.23. The van der Waals surface area contributed by atoms with Crippen molar-refractivity contribution in [2.24, 2.45) is 5.41 Å². The highest BCUT2D eigenvalue weighted by molar-refractivity contribution is 5.92. The molecule has 1 aliphatic rings. The average Bonchev–Trinajstić information content (AvgIpc) is 2.45. The maximum absolute atomic E-state index is 12.3. The maximum Gasteiger partial charge on any atom is 0.328 e. The van der Waals surface area contributed by atoms with Crippen molar-refractivity contribution < 1.29 is 14.3 Å². The first-order valence-corrected chi connectivity index (χ1v) is 8.10. The molecule has 4 nitrogen and oxygen atoms in total. The first-order valence-electron chi connectivity index (χ1n) is 8.10. The summed E-state index contributed by atoms with van der Waals surface area (Å²) in [6, 6.07) is 9.33. The molecule has 0 spiro atoms. The molecule has 0 amide bonds. The third-order valence-electron chi connectivity index (χ3n) is 3.87. The number of esters is 1. The van der Waals surface area contributed by atoms with E-state index in [0.29, 0.717) is 19.4 Å². The lowest BCUT2D eigenvalue weighted by molar-refractivity contribution is -0.145. The minimum absolute atomic E-state index is 0.0832. The quantitative estimate of drug-likeness (QED) is 0.820. The van der Waals surface area contributed by atoms with Crippen LogP contribution in [0.15, 0.2) is 42.1 Å². The largest absolute Gasteiger partial charge is 0.464 e. The van der Waals surface area contributed by atoms with Crippen molar-refractivity contribution in [1.82, 2.24) is 5.32 Å². The molecule has 4 heteroatoms. The zero-order valence-electron chi connectivity index (χ0n) is 14.1. The number of carbonyl (C=O) groups is 2. The van der Waals surface area contributed by atoms with E-state index in [0.717, 1.165) is 17.7 Å². The first-order chi connectivity index (χ1) is 10.9. The van der Waals surface area contributed by atoms with Gasteiger partial charge in [0.25, 0.3) is 0 Å². The van der Waals surface area contributed by atoms with Crippen LogP contribution in [0.25, 0.3) is 0 Å². The number of ketones is 1. The summed E-state index contributed by atoms with van der Waals surface area (Å²) in [5, 5.41) is 3.24. The van der Waals surface area contributed by atoms with Crippen molar-refractivity contribution in [2.75, 3.05) is 6.61 Å². The van der Waals surface area contributed by atoms with Gasteiger partial charge < -0.3 is 10.1 Å². The molecule has 23 heavy (non-hydrogen) atoms. The van der Waals surface area contributed by atoms with E-state index in [1.54, 1.807) is 13.0 Å². The van der Waals surface area contributed by atoms with Crippen LogP contribution in [0.4, 0.5) is 0 Å². The van der Waals surface area contributed by atoms with E-state index in [9.17, 15) is 9.59 Å². The molecule has 0 fully saturated rings. The van der Waals surface area contributed by atoms with Gasteiger partial charge in [-0.1, -0.05) is 44.2 Å². The van der Waals surface area contributed by atoms with Crippen LogP contribution in [0.5, 0.6) is 0 Å². The lowest BCUT2D eigenvalue weighted by Gasteiger charge is -2.31. The molecular weight excluding hydrogens is 290 g/mol. The number of rotatable bonds is 6. The third-order valence-corrected chi connectivity index (χ3v) is 3.87. The van der Waals surface area contributed by atoms with Crippen molar-refractivity contribution in [3.05, 3.63) is 47.7 Å². The fraction of sp³-hybridized carbons (Fsp3) is 0.474. The molecule has 2 rings (SSSR count). The summed E-state index contributed by atoms with van der Waals surface area (Å²) in [4.78, 5) is 24.2. The maximum atomic E-state index is 12.3. The molecule has 0 heterocycles. The Kier molecular flexibility index (Phi) is 5.59. The number of benzene rings is 1. The molecule has 0 unspecified atom stereocenters. The van der Waals surface area contributed by atoms with Gasteiger partial charge in [-0.15, -0.1) is 0 Å². The minimum atomic E-state index is -0.481. The van der Waals surface area contributed by atoms with Gasteiger partial charge in [0.2, 0.25) is 0 Å². The lowest BCUT2D eigenvalue weighted by atomic mass is 9.78. The van der Waals surface area contributed by atoms with Gasteiger partial charge in [0, 0.05) is 24.6 Å². The zero-order chi connectivity index (χ0) is 16.9.